The van der Waals surface area contributed by atoms with Crippen molar-refractivity contribution >= 4 is 17.7 Å². The van der Waals surface area contributed by atoms with Crippen LogP contribution in [0.1, 0.15) is 21.8 Å². The second kappa shape index (κ2) is 5.59. The third-order valence-electron chi connectivity index (χ3n) is 2.57. The Morgan fingerprint density at radius 2 is 2.24 bits per heavy atom. The number of aryl methyl sites for hydroxylation is 1. The van der Waals surface area contributed by atoms with E-state index in [-0.39, 0.29) is 0 Å². The first kappa shape index (κ1) is 11.8. The fourth-order valence-corrected chi connectivity index (χ4v) is 2.39. The molecule has 0 radical (unpaired) electrons. The van der Waals surface area contributed by atoms with Crippen LogP contribution in [0.4, 0.5) is 0 Å². The summed E-state index contributed by atoms with van der Waals surface area (Å²) in [6.45, 7) is 2.62. The van der Waals surface area contributed by atoms with Crippen molar-refractivity contribution in [2.45, 2.75) is 19.9 Å². The Kier molecular flexibility index (Phi) is 3.88. The van der Waals surface area contributed by atoms with Gasteiger partial charge in [-0.05, 0) is 18.1 Å². The molecule has 1 heterocycles. The number of hydrogen-bond donors (Lipinski definition) is 1. The van der Waals surface area contributed by atoms with Gasteiger partial charge in [-0.2, -0.15) is 0 Å². The zero-order chi connectivity index (χ0) is 12.1. The summed E-state index contributed by atoms with van der Waals surface area (Å²) in [5, 5.41) is 5.62. The SMILES string of the molecule is Cc1ccccc1Cc1csc(CNC=O)n1. The van der Waals surface area contributed by atoms with Crippen LogP contribution in [0.25, 0.3) is 0 Å². The molecule has 1 N–H and O–H groups in total. The van der Waals surface area contributed by atoms with E-state index in [4.69, 9.17) is 0 Å². The number of rotatable bonds is 5. The minimum atomic E-state index is 0.516. The van der Waals surface area contributed by atoms with Crippen molar-refractivity contribution in [3.05, 3.63) is 51.5 Å². The molecule has 4 heteroatoms. The lowest BCUT2D eigenvalue weighted by Gasteiger charge is -2.02. The molecule has 1 amide bonds. The smallest absolute Gasteiger partial charge is 0.207 e. The maximum absolute atomic E-state index is 10.2. The van der Waals surface area contributed by atoms with Gasteiger partial charge in [0.25, 0.3) is 0 Å². The highest BCUT2D eigenvalue weighted by Gasteiger charge is 2.04. The van der Waals surface area contributed by atoms with Crippen molar-refractivity contribution in [3.8, 4) is 0 Å². The van der Waals surface area contributed by atoms with Gasteiger partial charge in [-0.15, -0.1) is 11.3 Å². The standard InChI is InChI=1S/C13H14N2OS/c1-10-4-2-3-5-11(10)6-12-8-17-13(15-12)7-14-9-16/h2-5,8-9H,6-7H2,1H3,(H,14,16). The molecule has 2 aromatic rings. The Hall–Kier alpha value is -1.68. The van der Waals surface area contributed by atoms with E-state index in [2.05, 4.69) is 29.4 Å². The number of carbonyl (C=O) groups is 1. The van der Waals surface area contributed by atoms with Gasteiger partial charge in [-0.3, -0.25) is 4.79 Å². The molecule has 3 nitrogen and oxygen atoms in total. The average molecular weight is 246 g/mol. The Morgan fingerprint density at radius 3 is 3.00 bits per heavy atom. The van der Waals surface area contributed by atoms with Crippen molar-refractivity contribution < 1.29 is 4.79 Å². The van der Waals surface area contributed by atoms with Gasteiger partial charge >= 0.3 is 0 Å². The van der Waals surface area contributed by atoms with Crippen LogP contribution < -0.4 is 5.32 Å². The van der Waals surface area contributed by atoms with Crippen molar-refractivity contribution in [3.63, 3.8) is 0 Å². The van der Waals surface area contributed by atoms with Gasteiger partial charge in [0.2, 0.25) is 6.41 Å². The summed E-state index contributed by atoms with van der Waals surface area (Å²) in [5.74, 6) is 0. The number of benzene rings is 1. The van der Waals surface area contributed by atoms with E-state index in [1.807, 2.05) is 17.5 Å². The van der Waals surface area contributed by atoms with E-state index in [1.165, 1.54) is 11.1 Å². The van der Waals surface area contributed by atoms with Gasteiger partial charge in [-0.1, -0.05) is 24.3 Å². The van der Waals surface area contributed by atoms with Gasteiger partial charge in [0, 0.05) is 11.8 Å². The molecular weight excluding hydrogens is 232 g/mol. The third kappa shape index (κ3) is 3.14. The zero-order valence-corrected chi connectivity index (χ0v) is 10.5. The third-order valence-corrected chi connectivity index (χ3v) is 3.47. The van der Waals surface area contributed by atoms with E-state index >= 15 is 0 Å². The Bertz CT molecular complexity index is 508. The molecule has 17 heavy (non-hydrogen) atoms. The first-order valence-electron chi connectivity index (χ1n) is 5.44. The fourth-order valence-electron chi connectivity index (χ4n) is 1.64. The lowest BCUT2D eigenvalue weighted by molar-refractivity contribution is -0.109. The summed E-state index contributed by atoms with van der Waals surface area (Å²) >= 11 is 1.58. The molecule has 0 unspecified atom stereocenters. The quantitative estimate of drug-likeness (QED) is 0.822. The Morgan fingerprint density at radius 1 is 1.41 bits per heavy atom. The molecule has 0 bridgehead atoms. The van der Waals surface area contributed by atoms with Crippen molar-refractivity contribution in [2.24, 2.45) is 0 Å². The molecular formula is C13H14N2OS. The molecule has 0 aliphatic rings. The van der Waals surface area contributed by atoms with Gasteiger partial charge in [0.05, 0.1) is 12.2 Å². The van der Waals surface area contributed by atoms with Crippen LogP contribution in [0, 0.1) is 6.92 Å². The minimum absolute atomic E-state index is 0.516. The van der Waals surface area contributed by atoms with Gasteiger partial charge < -0.3 is 5.32 Å². The van der Waals surface area contributed by atoms with Crippen molar-refractivity contribution in [1.82, 2.24) is 10.3 Å². The average Bonchev–Trinajstić information content (AvgIpc) is 2.77. The summed E-state index contributed by atoms with van der Waals surface area (Å²) < 4.78 is 0. The first-order valence-corrected chi connectivity index (χ1v) is 6.32. The molecule has 88 valence electrons. The second-order valence-electron chi connectivity index (χ2n) is 3.83. The van der Waals surface area contributed by atoms with E-state index in [0.717, 1.165) is 17.1 Å². The molecule has 2 rings (SSSR count). The monoisotopic (exact) mass is 246 g/mol. The summed E-state index contributed by atoms with van der Waals surface area (Å²) in [6, 6.07) is 8.32. The molecule has 1 aromatic carbocycles. The normalized spacial score (nSPS) is 10.2. The number of nitrogens with one attached hydrogen (secondary N) is 1. The highest BCUT2D eigenvalue weighted by molar-refractivity contribution is 7.09. The topological polar surface area (TPSA) is 42.0 Å². The minimum Gasteiger partial charge on any atom is -0.352 e. The number of aromatic nitrogens is 1. The highest BCUT2D eigenvalue weighted by Crippen LogP contribution is 2.16. The van der Waals surface area contributed by atoms with Crippen LogP contribution in [0.2, 0.25) is 0 Å². The zero-order valence-electron chi connectivity index (χ0n) is 9.64. The van der Waals surface area contributed by atoms with Crippen LogP contribution in [-0.4, -0.2) is 11.4 Å². The maximum Gasteiger partial charge on any atom is 0.207 e. The molecule has 0 fully saturated rings. The first-order chi connectivity index (χ1) is 8.29. The van der Waals surface area contributed by atoms with E-state index in [0.29, 0.717) is 13.0 Å². The highest BCUT2D eigenvalue weighted by atomic mass is 32.1. The number of carbonyl (C=O) groups excluding carboxylic acids is 1. The van der Waals surface area contributed by atoms with Gasteiger partial charge in [-0.25, -0.2) is 4.98 Å². The number of amides is 1. The number of nitrogens with zero attached hydrogens (tertiary/aromatic N) is 1. The van der Waals surface area contributed by atoms with Crippen molar-refractivity contribution in [1.29, 1.82) is 0 Å². The van der Waals surface area contributed by atoms with E-state index in [1.54, 1.807) is 11.3 Å². The number of thiazole rings is 1. The molecule has 0 spiro atoms. The molecule has 0 atom stereocenters. The maximum atomic E-state index is 10.2. The summed E-state index contributed by atoms with van der Waals surface area (Å²) in [5.41, 5.74) is 3.65. The lowest BCUT2D eigenvalue weighted by Crippen LogP contribution is -2.09. The van der Waals surface area contributed by atoms with Crippen LogP contribution >= 0.6 is 11.3 Å². The van der Waals surface area contributed by atoms with E-state index in [9.17, 15) is 4.79 Å². The molecule has 0 aliphatic carbocycles. The summed E-state index contributed by atoms with van der Waals surface area (Å²) in [7, 11) is 0. The second-order valence-corrected chi connectivity index (χ2v) is 4.78. The van der Waals surface area contributed by atoms with Crippen LogP contribution in [0.15, 0.2) is 29.6 Å². The summed E-state index contributed by atoms with van der Waals surface area (Å²) in [6.07, 6.45) is 1.55. The molecule has 0 saturated heterocycles. The molecule has 0 aliphatic heterocycles. The summed E-state index contributed by atoms with van der Waals surface area (Å²) in [4.78, 5) is 14.7. The molecule has 1 aromatic heterocycles. The predicted octanol–water partition coefficient (Wildman–Crippen LogP) is 2.29. The predicted molar refractivity (Wildman–Crippen MR) is 69.0 cm³/mol. The lowest BCUT2D eigenvalue weighted by atomic mass is 10.1. The van der Waals surface area contributed by atoms with Crippen LogP contribution in [0.3, 0.4) is 0 Å². The number of hydrogen-bond acceptors (Lipinski definition) is 3. The Balaban J connectivity index is 2.06. The Labute approximate surface area is 105 Å². The van der Waals surface area contributed by atoms with Crippen molar-refractivity contribution in [2.75, 3.05) is 0 Å². The molecule has 0 saturated carbocycles. The van der Waals surface area contributed by atoms with Gasteiger partial charge in [0.1, 0.15) is 5.01 Å². The fraction of sp³-hybridized carbons (Fsp3) is 0.231. The largest absolute Gasteiger partial charge is 0.352 e. The van der Waals surface area contributed by atoms with Crippen LogP contribution in [0.5, 0.6) is 0 Å². The van der Waals surface area contributed by atoms with Crippen LogP contribution in [-0.2, 0) is 17.8 Å². The van der Waals surface area contributed by atoms with Gasteiger partial charge in [0.15, 0.2) is 0 Å². The van der Waals surface area contributed by atoms with E-state index < -0.39 is 0 Å².